The first-order chi connectivity index (χ1) is 11.3. The van der Waals surface area contributed by atoms with Crippen LogP contribution in [0.15, 0.2) is 93.7 Å². The molecule has 112 valence electrons. The van der Waals surface area contributed by atoms with Crippen LogP contribution in [-0.2, 0) is 0 Å². The van der Waals surface area contributed by atoms with Gasteiger partial charge >= 0.3 is 0 Å². The number of ketones is 1. The van der Waals surface area contributed by atoms with Crippen molar-refractivity contribution in [3.63, 3.8) is 0 Å². The third kappa shape index (κ3) is 3.68. The normalized spacial score (nSPS) is 11.7. The van der Waals surface area contributed by atoms with Gasteiger partial charge < -0.3 is 4.42 Å². The first-order valence-electron chi connectivity index (χ1n) is 7.14. The van der Waals surface area contributed by atoms with Crippen molar-refractivity contribution in [2.75, 3.05) is 0 Å². The molecule has 2 aromatic carbocycles. The molecule has 0 aliphatic rings. The van der Waals surface area contributed by atoms with Gasteiger partial charge in [0.05, 0.1) is 12.5 Å². The molecule has 4 nitrogen and oxygen atoms in total. The molecule has 0 N–H and O–H groups in total. The molecule has 23 heavy (non-hydrogen) atoms. The molecule has 0 aliphatic carbocycles. The fourth-order valence-electron chi connectivity index (χ4n) is 2.06. The number of benzene rings is 2. The maximum atomic E-state index is 12.7. The van der Waals surface area contributed by atoms with E-state index < -0.39 is 0 Å². The van der Waals surface area contributed by atoms with Gasteiger partial charge in [0.15, 0.2) is 0 Å². The maximum Gasteiger partial charge on any atom is 0.213 e. The van der Waals surface area contributed by atoms with E-state index in [0.29, 0.717) is 17.0 Å². The number of hydrogen-bond acceptors (Lipinski definition) is 4. The van der Waals surface area contributed by atoms with Crippen LogP contribution in [0.3, 0.4) is 0 Å². The molecule has 0 unspecified atom stereocenters. The van der Waals surface area contributed by atoms with Crippen LogP contribution >= 0.6 is 0 Å². The molecule has 0 aliphatic heterocycles. The lowest BCUT2D eigenvalue weighted by molar-refractivity contribution is 0.106. The highest BCUT2D eigenvalue weighted by Gasteiger charge is 2.15. The van der Waals surface area contributed by atoms with E-state index in [0.717, 1.165) is 5.56 Å². The Morgan fingerprint density at radius 3 is 2.09 bits per heavy atom. The van der Waals surface area contributed by atoms with Gasteiger partial charge in [0.1, 0.15) is 11.5 Å². The van der Waals surface area contributed by atoms with Crippen LogP contribution in [0.25, 0.3) is 0 Å². The van der Waals surface area contributed by atoms with Crippen molar-refractivity contribution in [3.8, 4) is 0 Å². The number of hydrogen-bond donors (Lipinski definition) is 0. The van der Waals surface area contributed by atoms with Gasteiger partial charge in [-0.25, -0.2) is 0 Å². The second kappa shape index (κ2) is 7.13. The molecule has 0 radical (unpaired) electrons. The van der Waals surface area contributed by atoms with Crippen LogP contribution in [0.4, 0.5) is 0 Å². The van der Waals surface area contributed by atoms with Gasteiger partial charge in [-0.3, -0.25) is 4.79 Å². The number of rotatable bonds is 5. The summed E-state index contributed by atoms with van der Waals surface area (Å²) in [5.41, 5.74) is 1.58. The van der Waals surface area contributed by atoms with Gasteiger partial charge in [-0.05, 0) is 12.1 Å². The molecule has 0 saturated carbocycles. The van der Waals surface area contributed by atoms with Crippen LogP contribution in [0.5, 0.6) is 0 Å². The van der Waals surface area contributed by atoms with E-state index in [2.05, 4.69) is 10.2 Å². The first kappa shape index (κ1) is 14.7. The Morgan fingerprint density at radius 2 is 1.48 bits per heavy atom. The smallest absolute Gasteiger partial charge is 0.213 e. The number of nitrogens with zero attached hydrogens (tertiary/aromatic N) is 2. The summed E-state index contributed by atoms with van der Waals surface area (Å²) < 4.78 is 5.16. The largest absolute Gasteiger partial charge is 0.463 e. The van der Waals surface area contributed by atoms with E-state index in [1.165, 1.54) is 6.21 Å². The van der Waals surface area contributed by atoms with Crippen molar-refractivity contribution in [1.29, 1.82) is 0 Å². The van der Waals surface area contributed by atoms with Gasteiger partial charge in [0, 0.05) is 11.1 Å². The molecular formula is C19H14N2O2. The predicted octanol–water partition coefficient (Wildman–Crippen LogP) is 3.99. The zero-order valence-electron chi connectivity index (χ0n) is 12.3. The molecule has 3 rings (SSSR count). The van der Waals surface area contributed by atoms with Crippen LogP contribution < -0.4 is 0 Å². The summed E-state index contributed by atoms with van der Waals surface area (Å²) in [5.74, 6) is 0.404. The highest BCUT2D eigenvalue weighted by molar-refractivity contribution is 6.51. The first-order valence-corrected chi connectivity index (χ1v) is 7.14. The fraction of sp³-hybridized carbons (Fsp3) is 0. The molecule has 1 aromatic heterocycles. The molecule has 4 heteroatoms. The molecule has 1 heterocycles. The Hall–Kier alpha value is -3.27. The topological polar surface area (TPSA) is 54.9 Å². The van der Waals surface area contributed by atoms with Crippen LogP contribution in [-0.4, -0.2) is 17.7 Å². The zero-order chi connectivity index (χ0) is 15.9. The van der Waals surface area contributed by atoms with Gasteiger partial charge in [0.2, 0.25) is 5.78 Å². The fourth-order valence-corrected chi connectivity index (χ4v) is 2.06. The molecule has 3 aromatic rings. The van der Waals surface area contributed by atoms with Crippen molar-refractivity contribution < 1.29 is 9.21 Å². The minimum absolute atomic E-state index is 0.173. The number of furan rings is 1. The Bertz CT molecular complexity index is 820. The van der Waals surface area contributed by atoms with Crippen molar-refractivity contribution in [2.45, 2.75) is 0 Å². The minimum atomic E-state index is -0.173. The average Bonchev–Trinajstić information content (AvgIpc) is 3.13. The van der Waals surface area contributed by atoms with Gasteiger partial charge in [-0.1, -0.05) is 60.7 Å². The summed E-state index contributed by atoms with van der Waals surface area (Å²) in [4.78, 5) is 12.7. The quantitative estimate of drug-likeness (QED) is 0.406. The molecule has 0 saturated heterocycles. The van der Waals surface area contributed by atoms with Crippen molar-refractivity contribution in [1.82, 2.24) is 0 Å². The lowest BCUT2D eigenvalue weighted by Gasteiger charge is -2.04. The Kier molecular flexibility index (Phi) is 4.55. The lowest BCUT2D eigenvalue weighted by Crippen LogP contribution is -2.15. The summed E-state index contributed by atoms with van der Waals surface area (Å²) in [6.45, 7) is 0. The van der Waals surface area contributed by atoms with E-state index in [-0.39, 0.29) is 5.78 Å². The summed E-state index contributed by atoms with van der Waals surface area (Å²) >= 11 is 0. The monoisotopic (exact) mass is 302 g/mol. The van der Waals surface area contributed by atoms with E-state index in [1.54, 1.807) is 30.5 Å². The number of Topliss-reactive ketones (excluding diaryl/α,β-unsaturated/α-hetero) is 1. The molecule has 0 atom stereocenters. The minimum Gasteiger partial charge on any atom is -0.463 e. The van der Waals surface area contributed by atoms with Crippen LogP contribution in [0, 0.1) is 0 Å². The Balaban J connectivity index is 1.96. The van der Waals surface area contributed by atoms with Crippen LogP contribution in [0.1, 0.15) is 21.7 Å². The average molecular weight is 302 g/mol. The molecule has 0 spiro atoms. The van der Waals surface area contributed by atoms with Gasteiger partial charge in [-0.15, -0.1) is 5.10 Å². The van der Waals surface area contributed by atoms with Crippen LogP contribution in [0.2, 0.25) is 0 Å². The summed E-state index contributed by atoms with van der Waals surface area (Å²) in [7, 11) is 0. The molecular weight excluding hydrogens is 288 g/mol. The van der Waals surface area contributed by atoms with Gasteiger partial charge in [0.25, 0.3) is 0 Å². The predicted molar refractivity (Wildman–Crippen MR) is 90.1 cm³/mol. The van der Waals surface area contributed by atoms with E-state index in [9.17, 15) is 4.79 Å². The summed E-state index contributed by atoms with van der Waals surface area (Å²) in [5, 5.41) is 8.11. The lowest BCUT2D eigenvalue weighted by atomic mass is 10.0. The summed E-state index contributed by atoms with van der Waals surface area (Å²) in [6, 6.07) is 21.8. The van der Waals surface area contributed by atoms with Crippen molar-refractivity contribution in [2.24, 2.45) is 10.2 Å². The van der Waals surface area contributed by atoms with E-state index >= 15 is 0 Å². The molecule has 0 bridgehead atoms. The number of carbonyl (C=O) groups excluding carboxylic acids is 1. The standard InChI is InChI=1S/C19H14N2O2/c22-19(16-10-5-2-6-11-16)18(15-8-3-1-4-9-15)21-20-14-17-12-7-13-23-17/h1-14H. The Morgan fingerprint density at radius 1 is 0.826 bits per heavy atom. The molecule has 0 amide bonds. The van der Waals surface area contributed by atoms with Crippen molar-refractivity contribution in [3.05, 3.63) is 95.9 Å². The van der Waals surface area contributed by atoms with Gasteiger partial charge in [-0.2, -0.15) is 5.10 Å². The zero-order valence-corrected chi connectivity index (χ0v) is 12.3. The van der Waals surface area contributed by atoms with E-state index in [4.69, 9.17) is 4.42 Å². The third-order valence-corrected chi connectivity index (χ3v) is 3.18. The SMILES string of the molecule is O=C(C(=NN=Cc1ccco1)c1ccccc1)c1ccccc1. The Labute approximate surface area is 133 Å². The second-order valence-corrected chi connectivity index (χ2v) is 4.77. The number of carbonyl (C=O) groups is 1. The third-order valence-electron chi connectivity index (χ3n) is 3.18. The highest BCUT2D eigenvalue weighted by Crippen LogP contribution is 2.09. The van der Waals surface area contributed by atoms with Crippen molar-refractivity contribution >= 4 is 17.7 Å². The summed E-state index contributed by atoms with van der Waals surface area (Å²) in [6.07, 6.45) is 3.03. The second-order valence-electron chi connectivity index (χ2n) is 4.77. The van der Waals surface area contributed by atoms with E-state index in [1.807, 2.05) is 48.5 Å². The highest BCUT2D eigenvalue weighted by atomic mass is 16.3. The maximum absolute atomic E-state index is 12.7. The molecule has 0 fully saturated rings.